The standard InChI is InChI=1S/C8H15FN2O/c1-6(5-9)10-8(12)11-7-3-2-4-7/h6-7H,2-5H2,1H3,(H2,10,11,12). The zero-order chi connectivity index (χ0) is 8.97. The highest BCUT2D eigenvalue weighted by atomic mass is 19.1. The van der Waals surface area contributed by atoms with Crippen molar-refractivity contribution in [1.82, 2.24) is 10.6 Å². The van der Waals surface area contributed by atoms with Crippen molar-refractivity contribution in [2.45, 2.75) is 38.3 Å². The number of hydrogen-bond acceptors (Lipinski definition) is 1. The minimum absolute atomic E-state index is 0.246. The van der Waals surface area contributed by atoms with Gasteiger partial charge in [-0.25, -0.2) is 9.18 Å². The molecule has 0 heterocycles. The minimum Gasteiger partial charge on any atom is -0.335 e. The fourth-order valence-electron chi connectivity index (χ4n) is 1.04. The third-order valence-electron chi connectivity index (χ3n) is 2.05. The molecule has 0 aromatic rings. The molecule has 1 fully saturated rings. The van der Waals surface area contributed by atoms with Gasteiger partial charge in [-0.2, -0.15) is 0 Å². The van der Waals surface area contributed by atoms with E-state index in [1.807, 2.05) is 0 Å². The molecule has 70 valence electrons. The molecule has 0 radical (unpaired) electrons. The predicted octanol–water partition coefficient (Wildman–Crippen LogP) is 1.20. The number of carbonyl (C=O) groups excluding carboxylic acids is 1. The number of rotatable bonds is 3. The van der Waals surface area contributed by atoms with Gasteiger partial charge in [0.05, 0.1) is 6.04 Å². The van der Waals surface area contributed by atoms with E-state index < -0.39 is 6.67 Å². The van der Waals surface area contributed by atoms with Crippen LogP contribution in [0.15, 0.2) is 0 Å². The number of hydrogen-bond donors (Lipinski definition) is 2. The summed E-state index contributed by atoms with van der Waals surface area (Å²) in [5, 5.41) is 5.27. The van der Waals surface area contributed by atoms with Crippen molar-refractivity contribution in [1.29, 1.82) is 0 Å². The third-order valence-corrected chi connectivity index (χ3v) is 2.05. The Bertz CT molecular complexity index is 150. The number of urea groups is 1. The lowest BCUT2D eigenvalue weighted by Gasteiger charge is -2.26. The quantitative estimate of drug-likeness (QED) is 0.663. The first kappa shape index (κ1) is 9.29. The van der Waals surface area contributed by atoms with Gasteiger partial charge in [-0.15, -0.1) is 0 Å². The minimum atomic E-state index is -0.516. The van der Waals surface area contributed by atoms with Gasteiger partial charge in [0.1, 0.15) is 6.67 Å². The Morgan fingerprint density at radius 1 is 1.67 bits per heavy atom. The molecular weight excluding hydrogens is 159 g/mol. The van der Waals surface area contributed by atoms with Crippen LogP contribution in [0.2, 0.25) is 0 Å². The second-order valence-electron chi connectivity index (χ2n) is 3.30. The highest BCUT2D eigenvalue weighted by Gasteiger charge is 2.19. The van der Waals surface area contributed by atoms with Crippen molar-refractivity contribution in [2.24, 2.45) is 0 Å². The SMILES string of the molecule is CC(CF)NC(=O)NC1CCC1. The zero-order valence-electron chi connectivity index (χ0n) is 7.27. The summed E-state index contributed by atoms with van der Waals surface area (Å²) in [4.78, 5) is 11.0. The van der Waals surface area contributed by atoms with Crippen molar-refractivity contribution in [3.8, 4) is 0 Å². The summed E-state index contributed by atoms with van der Waals surface area (Å²) in [5.74, 6) is 0. The third kappa shape index (κ3) is 2.68. The Hall–Kier alpha value is -0.800. The Kier molecular flexibility index (Phi) is 3.31. The molecule has 0 spiro atoms. The smallest absolute Gasteiger partial charge is 0.315 e. The highest BCUT2D eigenvalue weighted by Crippen LogP contribution is 2.17. The lowest BCUT2D eigenvalue weighted by Crippen LogP contribution is -2.48. The molecule has 1 atom stereocenters. The van der Waals surface area contributed by atoms with Gasteiger partial charge >= 0.3 is 6.03 Å². The van der Waals surface area contributed by atoms with E-state index in [4.69, 9.17) is 0 Å². The maximum atomic E-state index is 11.9. The Morgan fingerprint density at radius 3 is 2.75 bits per heavy atom. The van der Waals surface area contributed by atoms with E-state index in [2.05, 4.69) is 10.6 Å². The van der Waals surface area contributed by atoms with E-state index in [1.54, 1.807) is 6.92 Å². The monoisotopic (exact) mass is 174 g/mol. The summed E-state index contributed by atoms with van der Waals surface area (Å²) >= 11 is 0. The number of nitrogens with one attached hydrogen (secondary N) is 2. The van der Waals surface area contributed by atoms with Crippen LogP contribution < -0.4 is 10.6 Å². The predicted molar refractivity (Wildman–Crippen MR) is 44.7 cm³/mol. The van der Waals surface area contributed by atoms with E-state index in [-0.39, 0.29) is 12.1 Å². The number of alkyl halides is 1. The fourth-order valence-corrected chi connectivity index (χ4v) is 1.04. The topological polar surface area (TPSA) is 41.1 Å². The normalized spacial score (nSPS) is 19.5. The lowest BCUT2D eigenvalue weighted by atomic mass is 9.93. The first-order valence-electron chi connectivity index (χ1n) is 4.35. The van der Waals surface area contributed by atoms with Crippen LogP contribution in [0.25, 0.3) is 0 Å². The van der Waals surface area contributed by atoms with Crippen molar-refractivity contribution < 1.29 is 9.18 Å². The molecule has 12 heavy (non-hydrogen) atoms. The largest absolute Gasteiger partial charge is 0.335 e. The van der Waals surface area contributed by atoms with Crippen LogP contribution in [-0.4, -0.2) is 24.8 Å². The second-order valence-corrected chi connectivity index (χ2v) is 3.30. The van der Waals surface area contributed by atoms with Gasteiger partial charge in [-0.3, -0.25) is 0 Å². The van der Waals surface area contributed by atoms with Crippen LogP contribution in [-0.2, 0) is 0 Å². The average molecular weight is 174 g/mol. The fraction of sp³-hybridized carbons (Fsp3) is 0.875. The van der Waals surface area contributed by atoms with Crippen LogP contribution >= 0.6 is 0 Å². The number of amides is 2. The van der Waals surface area contributed by atoms with Crippen LogP contribution in [0.1, 0.15) is 26.2 Å². The molecule has 1 aliphatic rings. The first-order chi connectivity index (χ1) is 5.72. The van der Waals surface area contributed by atoms with E-state index in [0.29, 0.717) is 6.04 Å². The van der Waals surface area contributed by atoms with Gasteiger partial charge in [-0.1, -0.05) is 0 Å². The Labute approximate surface area is 71.7 Å². The van der Waals surface area contributed by atoms with Gasteiger partial charge in [-0.05, 0) is 26.2 Å². The molecule has 2 amide bonds. The molecule has 0 saturated heterocycles. The van der Waals surface area contributed by atoms with Gasteiger partial charge in [0.15, 0.2) is 0 Å². The van der Waals surface area contributed by atoms with E-state index >= 15 is 0 Å². The number of halogens is 1. The van der Waals surface area contributed by atoms with Gasteiger partial charge < -0.3 is 10.6 Å². The van der Waals surface area contributed by atoms with E-state index in [9.17, 15) is 9.18 Å². The van der Waals surface area contributed by atoms with Gasteiger partial charge in [0.2, 0.25) is 0 Å². The summed E-state index contributed by atoms with van der Waals surface area (Å²) in [7, 11) is 0. The van der Waals surface area contributed by atoms with Crippen LogP contribution in [0.4, 0.5) is 9.18 Å². The first-order valence-corrected chi connectivity index (χ1v) is 4.35. The molecule has 0 aliphatic heterocycles. The second kappa shape index (κ2) is 4.28. The van der Waals surface area contributed by atoms with Crippen molar-refractivity contribution in [3.05, 3.63) is 0 Å². The van der Waals surface area contributed by atoms with E-state index in [0.717, 1.165) is 12.8 Å². The van der Waals surface area contributed by atoms with Gasteiger partial charge in [0, 0.05) is 6.04 Å². The molecule has 0 aromatic heterocycles. The maximum absolute atomic E-state index is 11.9. The number of carbonyl (C=O) groups is 1. The molecular formula is C8H15FN2O. The summed E-state index contributed by atoms with van der Waals surface area (Å²) < 4.78 is 11.9. The summed E-state index contributed by atoms with van der Waals surface area (Å²) in [5.41, 5.74) is 0. The summed E-state index contributed by atoms with van der Waals surface area (Å²) in [6.45, 7) is 1.12. The lowest BCUT2D eigenvalue weighted by molar-refractivity contribution is 0.223. The molecule has 1 aliphatic carbocycles. The molecule has 0 bridgehead atoms. The molecule has 1 saturated carbocycles. The maximum Gasteiger partial charge on any atom is 0.315 e. The van der Waals surface area contributed by atoms with Crippen LogP contribution in [0, 0.1) is 0 Å². The highest BCUT2D eigenvalue weighted by molar-refractivity contribution is 5.74. The van der Waals surface area contributed by atoms with Crippen molar-refractivity contribution in [2.75, 3.05) is 6.67 Å². The van der Waals surface area contributed by atoms with Crippen molar-refractivity contribution in [3.63, 3.8) is 0 Å². The van der Waals surface area contributed by atoms with Crippen LogP contribution in [0.3, 0.4) is 0 Å². The molecule has 1 rings (SSSR count). The molecule has 3 nitrogen and oxygen atoms in total. The molecule has 1 unspecified atom stereocenters. The zero-order valence-corrected chi connectivity index (χ0v) is 7.27. The Morgan fingerprint density at radius 2 is 2.33 bits per heavy atom. The van der Waals surface area contributed by atoms with Crippen molar-refractivity contribution >= 4 is 6.03 Å². The summed E-state index contributed by atoms with van der Waals surface area (Å²) in [6.07, 6.45) is 3.29. The molecule has 4 heteroatoms. The van der Waals surface area contributed by atoms with E-state index in [1.165, 1.54) is 6.42 Å². The molecule has 2 N–H and O–H groups in total. The molecule has 0 aromatic carbocycles. The summed E-state index contributed by atoms with van der Waals surface area (Å²) in [6, 6.07) is -0.313. The average Bonchev–Trinajstić information content (AvgIpc) is 1.97. The van der Waals surface area contributed by atoms with Gasteiger partial charge in [0.25, 0.3) is 0 Å². The Balaban J connectivity index is 2.10. The van der Waals surface area contributed by atoms with Crippen LogP contribution in [0.5, 0.6) is 0 Å².